The van der Waals surface area contributed by atoms with E-state index in [4.69, 9.17) is 16.3 Å². The Labute approximate surface area is 149 Å². The van der Waals surface area contributed by atoms with Crippen LogP contribution in [0.1, 0.15) is 17.2 Å². The van der Waals surface area contributed by atoms with E-state index in [1.165, 1.54) is 5.56 Å². The number of methoxy groups -OCH3 is 1. The van der Waals surface area contributed by atoms with Crippen molar-refractivity contribution in [2.24, 2.45) is 0 Å². The number of para-hydroxylation sites is 1. The smallest absolute Gasteiger partial charge is 0.675 e. The Morgan fingerprint density at radius 3 is 2.73 bits per heavy atom. The molecule has 4 nitrogen and oxygen atoms in total. The van der Waals surface area contributed by atoms with Gasteiger partial charge in [-0.25, -0.2) is 0 Å². The summed E-state index contributed by atoms with van der Waals surface area (Å²) in [6, 6.07) is 8.14. The minimum absolute atomic E-state index is 0. The van der Waals surface area contributed by atoms with Crippen molar-refractivity contribution in [1.29, 1.82) is 0 Å². The number of ether oxygens (including phenoxy) is 1. The van der Waals surface area contributed by atoms with Crippen molar-refractivity contribution in [3.05, 3.63) is 63.4 Å². The molecule has 1 atom stereocenters. The monoisotopic (exact) mass is 485 g/mol. The van der Waals surface area contributed by atoms with E-state index in [1.54, 1.807) is 13.3 Å². The van der Waals surface area contributed by atoms with Crippen molar-refractivity contribution >= 4 is 17.3 Å². The molecule has 1 aromatic carbocycles. The molecule has 0 N–H and O–H groups in total. The second kappa shape index (κ2) is 7.96. The van der Waals surface area contributed by atoms with Crippen LogP contribution in [0.25, 0.3) is 10.6 Å². The van der Waals surface area contributed by atoms with Crippen molar-refractivity contribution < 1.29 is 25.8 Å². The van der Waals surface area contributed by atoms with Crippen LogP contribution in [0, 0.1) is 0 Å². The molecule has 0 spiro atoms. The number of aromatic nitrogens is 1. The van der Waals surface area contributed by atoms with Gasteiger partial charge in [0.15, 0.2) is 0 Å². The molecule has 2 aromatic rings. The zero-order valence-electron chi connectivity index (χ0n) is 12.2. The molecular formula is C16H16ClN3OW. The molecule has 2 aliphatic rings. The van der Waals surface area contributed by atoms with E-state index < -0.39 is 0 Å². The Balaban J connectivity index is 0.000000395. The standard InChI is InChI=1S/C14H12ClN2O.C2H4N.W/c1-18-13-4-2-3-11-12(17-14(11)13)6-9-5-10(15)8-16-7-9;1-2-3-1;/h2-5,7-8,12H,6H2,1H3;1-2H2;/q2*-1;+2. The zero-order chi connectivity index (χ0) is 14.7. The molecule has 0 radical (unpaired) electrons. The summed E-state index contributed by atoms with van der Waals surface area (Å²) in [6.07, 6.45) is 4.30. The Hall–Kier alpha value is -1.09. The van der Waals surface area contributed by atoms with E-state index in [9.17, 15) is 0 Å². The maximum atomic E-state index is 5.92. The summed E-state index contributed by atoms with van der Waals surface area (Å²) in [6.45, 7) is 2.25. The van der Waals surface area contributed by atoms with Crippen molar-refractivity contribution in [2.75, 3.05) is 20.2 Å². The summed E-state index contributed by atoms with van der Waals surface area (Å²) in [4.78, 5) is 4.09. The largest absolute Gasteiger partial charge is 2.00 e. The number of pyridine rings is 1. The third kappa shape index (κ3) is 4.22. The van der Waals surface area contributed by atoms with Crippen molar-refractivity contribution in [3.63, 3.8) is 0 Å². The molecule has 0 bridgehead atoms. The molecule has 1 fully saturated rings. The number of benzene rings is 1. The van der Waals surface area contributed by atoms with Gasteiger partial charge in [-0.15, -0.1) is 0 Å². The van der Waals surface area contributed by atoms with E-state index in [2.05, 4.69) is 21.7 Å². The molecule has 4 rings (SSSR count). The second-order valence-electron chi connectivity index (χ2n) is 4.93. The van der Waals surface area contributed by atoms with Gasteiger partial charge in [0.1, 0.15) is 5.75 Å². The Morgan fingerprint density at radius 1 is 1.32 bits per heavy atom. The molecule has 22 heavy (non-hydrogen) atoms. The van der Waals surface area contributed by atoms with E-state index >= 15 is 0 Å². The van der Waals surface area contributed by atoms with Crippen LogP contribution in [0.15, 0.2) is 36.7 Å². The van der Waals surface area contributed by atoms with Crippen molar-refractivity contribution in [2.45, 2.75) is 12.5 Å². The molecule has 3 heterocycles. The van der Waals surface area contributed by atoms with E-state index in [1.807, 2.05) is 24.4 Å². The summed E-state index contributed by atoms with van der Waals surface area (Å²) >= 11 is 5.92. The minimum Gasteiger partial charge on any atom is -0.675 e. The number of nitrogens with zero attached hydrogens (tertiary/aromatic N) is 3. The van der Waals surface area contributed by atoms with Gasteiger partial charge < -0.3 is 15.4 Å². The molecule has 6 heteroatoms. The van der Waals surface area contributed by atoms with E-state index in [0.717, 1.165) is 36.5 Å². The van der Waals surface area contributed by atoms with E-state index in [0.29, 0.717) is 5.02 Å². The van der Waals surface area contributed by atoms with Gasteiger partial charge in [-0.3, -0.25) is 4.98 Å². The number of hydrogen-bond acceptors (Lipinski definition) is 2. The molecule has 0 saturated carbocycles. The maximum absolute atomic E-state index is 5.92. The first-order chi connectivity index (χ1) is 10.3. The summed E-state index contributed by atoms with van der Waals surface area (Å²) in [5, 5.41) is 9.00. The minimum atomic E-state index is 0. The molecular weight excluding hydrogens is 469 g/mol. The summed E-state index contributed by atoms with van der Waals surface area (Å²) in [5.41, 5.74) is 3.30. The fraction of sp³-hybridized carbons (Fsp3) is 0.312. The van der Waals surface area contributed by atoms with Gasteiger partial charge in [0.2, 0.25) is 0 Å². The zero-order valence-corrected chi connectivity index (χ0v) is 15.9. The molecule has 1 unspecified atom stereocenters. The van der Waals surface area contributed by atoms with Crippen molar-refractivity contribution in [1.82, 2.24) is 4.98 Å². The summed E-state index contributed by atoms with van der Waals surface area (Å²) < 4.78 is 5.27. The number of hydrogen-bond donors (Lipinski definition) is 0. The van der Waals surface area contributed by atoms with Crippen LogP contribution < -0.4 is 4.74 Å². The van der Waals surface area contributed by atoms with Gasteiger partial charge in [-0.05, 0) is 24.1 Å². The first-order valence-electron chi connectivity index (χ1n) is 6.88. The van der Waals surface area contributed by atoms with Gasteiger partial charge in [0.25, 0.3) is 0 Å². The molecule has 0 amide bonds. The van der Waals surface area contributed by atoms with Crippen LogP contribution in [0.4, 0.5) is 5.69 Å². The maximum Gasteiger partial charge on any atom is 2.00 e. The molecule has 114 valence electrons. The topological polar surface area (TPSA) is 50.3 Å². The number of fused-ring (bicyclic) bond motifs is 1. The molecule has 1 aromatic heterocycles. The number of rotatable bonds is 3. The first kappa shape index (κ1) is 17.3. The quantitative estimate of drug-likeness (QED) is 0.605. The van der Waals surface area contributed by atoms with Crippen LogP contribution in [0.2, 0.25) is 5.02 Å². The van der Waals surface area contributed by atoms with Crippen LogP contribution >= 0.6 is 11.6 Å². The summed E-state index contributed by atoms with van der Waals surface area (Å²) in [5.74, 6) is 0.841. The SMILES string of the molecule is C1C[N-]1.COc1cccc2c1[N-]C2Cc1cncc(Cl)c1.[W+2]. The van der Waals surface area contributed by atoms with Crippen LogP contribution in [-0.4, -0.2) is 25.2 Å². The summed E-state index contributed by atoms with van der Waals surface area (Å²) in [7, 11) is 1.67. The van der Waals surface area contributed by atoms with Gasteiger partial charge in [-0.1, -0.05) is 41.0 Å². The average Bonchev–Trinajstić information content (AvgIpc) is 3.33. The van der Waals surface area contributed by atoms with Crippen LogP contribution in [0.3, 0.4) is 0 Å². The normalized spacial score (nSPS) is 16.7. The fourth-order valence-corrected chi connectivity index (χ4v) is 2.41. The fourth-order valence-electron chi connectivity index (χ4n) is 2.22. The van der Waals surface area contributed by atoms with Gasteiger partial charge in [0.05, 0.1) is 12.1 Å². The Kier molecular flexibility index (Phi) is 6.24. The number of halogens is 1. The molecule has 0 aliphatic carbocycles. The predicted molar refractivity (Wildman–Crippen MR) is 84.8 cm³/mol. The third-order valence-electron chi connectivity index (χ3n) is 3.31. The predicted octanol–water partition coefficient (Wildman–Crippen LogP) is 4.42. The van der Waals surface area contributed by atoms with Crippen LogP contribution in [0.5, 0.6) is 5.75 Å². The van der Waals surface area contributed by atoms with Crippen molar-refractivity contribution in [3.8, 4) is 5.75 Å². The Morgan fingerprint density at radius 2 is 2.09 bits per heavy atom. The third-order valence-corrected chi connectivity index (χ3v) is 3.51. The first-order valence-corrected chi connectivity index (χ1v) is 7.26. The van der Waals surface area contributed by atoms with Gasteiger partial charge >= 0.3 is 21.1 Å². The van der Waals surface area contributed by atoms with Gasteiger partial charge in [-0.2, -0.15) is 13.1 Å². The van der Waals surface area contributed by atoms with Gasteiger partial charge in [0, 0.05) is 12.4 Å². The van der Waals surface area contributed by atoms with E-state index in [-0.39, 0.29) is 27.1 Å². The second-order valence-corrected chi connectivity index (χ2v) is 5.37. The van der Waals surface area contributed by atoms with Crippen LogP contribution in [-0.2, 0) is 27.5 Å². The molecule has 2 aliphatic heterocycles. The Bertz CT molecular complexity index is 634. The average molecular weight is 486 g/mol. The molecule has 1 saturated heterocycles.